The summed E-state index contributed by atoms with van der Waals surface area (Å²) in [5.41, 5.74) is 0.681. The van der Waals surface area contributed by atoms with E-state index in [0.29, 0.717) is 15.6 Å². The Balaban J connectivity index is 2.14. The molecule has 1 fully saturated rings. The molecule has 0 atom stereocenters. The Hall–Kier alpha value is -1.45. The molecule has 0 heterocycles. The van der Waals surface area contributed by atoms with Gasteiger partial charge in [0.15, 0.2) is 17.3 Å². The van der Waals surface area contributed by atoms with Crippen LogP contribution in [0.1, 0.15) is 18.4 Å². The van der Waals surface area contributed by atoms with Crippen LogP contribution in [-0.2, 0) is 14.4 Å². The van der Waals surface area contributed by atoms with Gasteiger partial charge in [-0.1, -0.05) is 35.3 Å². The van der Waals surface area contributed by atoms with Gasteiger partial charge in [0.1, 0.15) is 5.92 Å². The largest absolute Gasteiger partial charge is 0.298 e. The van der Waals surface area contributed by atoms with Crippen LogP contribution in [0.3, 0.4) is 0 Å². The quantitative estimate of drug-likeness (QED) is 0.636. The van der Waals surface area contributed by atoms with Crippen LogP contribution in [0.25, 0.3) is 6.08 Å². The second-order valence-electron chi connectivity index (χ2n) is 4.27. The molecule has 0 aliphatic heterocycles. The Kier molecular flexibility index (Phi) is 4.17. The zero-order valence-corrected chi connectivity index (χ0v) is 11.4. The topological polar surface area (TPSA) is 51.2 Å². The number of hydrogen-bond donors (Lipinski definition) is 0. The predicted octanol–water partition coefficient (Wildman–Crippen LogP) is 3.12. The van der Waals surface area contributed by atoms with E-state index >= 15 is 0 Å². The second-order valence-corrected chi connectivity index (χ2v) is 5.09. The highest BCUT2D eigenvalue weighted by molar-refractivity contribution is 6.42. The zero-order valence-electron chi connectivity index (χ0n) is 9.86. The summed E-state index contributed by atoms with van der Waals surface area (Å²) < 4.78 is 0. The highest BCUT2D eigenvalue weighted by Gasteiger charge is 2.37. The third-order valence-corrected chi connectivity index (χ3v) is 3.67. The Labute approximate surface area is 120 Å². The minimum absolute atomic E-state index is 0.163. The summed E-state index contributed by atoms with van der Waals surface area (Å²) in [6.07, 6.45) is 3.08. The van der Waals surface area contributed by atoms with Gasteiger partial charge < -0.3 is 0 Å². The molecule has 1 aliphatic carbocycles. The summed E-state index contributed by atoms with van der Waals surface area (Å²) in [6.45, 7) is 0. The van der Waals surface area contributed by atoms with Crippen molar-refractivity contribution in [3.63, 3.8) is 0 Å². The van der Waals surface area contributed by atoms with Crippen molar-refractivity contribution in [2.24, 2.45) is 5.92 Å². The average Bonchev–Trinajstić information content (AvgIpc) is 2.70. The number of allylic oxidation sites excluding steroid dienone is 1. The molecule has 19 heavy (non-hydrogen) atoms. The van der Waals surface area contributed by atoms with Crippen molar-refractivity contribution in [2.45, 2.75) is 12.8 Å². The predicted molar refractivity (Wildman–Crippen MR) is 73.2 cm³/mol. The van der Waals surface area contributed by atoms with Crippen molar-refractivity contribution in [1.82, 2.24) is 0 Å². The molecule has 98 valence electrons. The molecule has 1 aliphatic rings. The van der Waals surface area contributed by atoms with E-state index in [-0.39, 0.29) is 24.4 Å². The Morgan fingerprint density at radius 1 is 1.11 bits per heavy atom. The molecule has 3 nitrogen and oxygen atoms in total. The van der Waals surface area contributed by atoms with E-state index in [4.69, 9.17) is 23.2 Å². The third kappa shape index (κ3) is 3.11. The number of Topliss-reactive ketones (excluding diaryl/α,β-unsaturated/α-hetero) is 2. The van der Waals surface area contributed by atoms with Gasteiger partial charge in [0, 0.05) is 12.8 Å². The van der Waals surface area contributed by atoms with Gasteiger partial charge in [-0.2, -0.15) is 0 Å². The fraction of sp³-hybridized carbons (Fsp3) is 0.214. The van der Waals surface area contributed by atoms with Crippen molar-refractivity contribution in [3.05, 3.63) is 39.9 Å². The van der Waals surface area contributed by atoms with E-state index < -0.39 is 11.7 Å². The molecule has 0 saturated heterocycles. The van der Waals surface area contributed by atoms with E-state index in [1.165, 1.54) is 12.2 Å². The number of carbonyl (C=O) groups is 3. The molecule has 0 radical (unpaired) electrons. The van der Waals surface area contributed by atoms with Gasteiger partial charge in [0.2, 0.25) is 0 Å². The fourth-order valence-corrected chi connectivity index (χ4v) is 2.23. The number of halogens is 2. The van der Waals surface area contributed by atoms with Crippen LogP contribution in [0.15, 0.2) is 24.3 Å². The maximum atomic E-state index is 11.8. The Bertz CT molecular complexity index is 574. The van der Waals surface area contributed by atoms with Gasteiger partial charge in [0.25, 0.3) is 0 Å². The summed E-state index contributed by atoms with van der Waals surface area (Å²) in [5, 5.41) is 0.801. The summed E-state index contributed by atoms with van der Waals surface area (Å²) in [5.74, 6) is -2.18. The van der Waals surface area contributed by atoms with Crippen LogP contribution in [0.4, 0.5) is 0 Å². The summed E-state index contributed by atoms with van der Waals surface area (Å²) >= 11 is 11.6. The number of benzene rings is 1. The van der Waals surface area contributed by atoms with Crippen molar-refractivity contribution in [2.75, 3.05) is 0 Å². The smallest absolute Gasteiger partial charge is 0.173 e. The molecular weight excluding hydrogens is 287 g/mol. The van der Waals surface area contributed by atoms with Gasteiger partial charge in [-0.05, 0) is 23.8 Å². The molecule has 0 bridgehead atoms. The molecule has 1 saturated carbocycles. The lowest BCUT2D eigenvalue weighted by Gasteiger charge is -2.01. The summed E-state index contributed by atoms with van der Waals surface area (Å²) in [4.78, 5) is 34.6. The van der Waals surface area contributed by atoms with Crippen molar-refractivity contribution >= 4 is 46.6 Å². The van der Waals surface area contributed by atoms with E-state index in [1.54, 1.807) is 18.2 Å². The molecule has 0 aromatic heterocycles. The minimum atomic E-state index is -1.11. The van der Waals surface area contributed by atoms with Crippen LogP contribution in [-0.4, -0.2) is 17.3 Å². The highest BCUT2D eigenvalue weighted by Crippen LogP contribution is 2.24. The van der Waals surface area contributed by atoms with Crippen LogP contribution >= 0.6 is 23.2 Å². The molecule has 0 amide bonds. The molecule has 0 N–H and O–H groups in total. The third-order valence-electron chi connectivity index (χ3n) is 2.93. The SMILES string of the molecule is O=C(/C=C/c1ccc(Cl)c(Cl)c1)C1C(=O)CCC1=O. The van der Waals surface area contributed by atoms with Gasteiger partial charge in [-0.25, -0.2) is 0 Å². The summed E-state index contributed by atoms with van der Waals surface area (Å²) in [6, 6.07) is 4.90. The van der Waals surface area contributed by atoms with Crippen molar-refractivity contribution in [3.8, 4) is 0 Å². The number of rotatable bonds is 3. The van der Waals surface area contributed by atoms with Gasteiger partial charge in [0.05, 0.1) is 10.0 Å². The normalized spacial score (nSPS) is 16.5. The zero-order chi connectivity index (χ0) is 14.0. The molecule has 0 unspecified atom stereocenters. The lowest BCUT2D eigenvalue weighted by atomic mass is 9.99. The van der Waals surface area contributed by atoms with E-state index in [9.17, 15) is 14.4 Å². The lowest BCUT2D eigenvalue weighted by molar-refractivity contribution is -0.133. The fourth-order valence-electron chi connectivity index (χ4n) is 1.92. The van der Waals surface area contributed by atoms with Crippen molar-refractivity contribution < 1.29 is 14.4 Å². The van der Waals surface area contributed by atoms with E-state index in [1.807, 2.05) is 0 Å². The van der Waals surface area contributed by atoms with E-state index in [0.717, 1.165) is 0 Å². The molecular formula is C14H10Cl2O3. The molecule has 1 aromatic carbocycles. The highest BCUT2D eigenvalue weighted by atomic mass is 35.5. The maximum Gasteiger partial charge on any atom is 0.173 e. The number of ketones is 3. The summed E-state index contributed by atoms with van der Waals surface area (Å²) in [7, 11) is 0. The van der Waals surface area contributed by atoms with Crippen LogP contribution < -0.4 is 0 Å². The Morgan fingerprint density at radius 3 is 2.32 bits per heavy atom. The first-order valence-corrected chi connectivity index (χ1v) is 6.47. The van der Waals surface area contributed by atoms with Crippen LogP contribution in [0.5, 0.6) is 0 Å². The number of carbonyl (C=O) groups excluding carboxylic acids is 3. The lowest BCUT2D eigenvalue weighted by Crippen LogP contribution is -2.23. The van der Waals surface area contributed by atoms with Crippen LogP contribution in [0, 0.1) is 5.92 Å². The van der Waals surface area contributed by atoms with Crippen molar-refractivity contribution in [1.29, 1.82) is 0 Å². The van der Waals surface area contributed by atoms with E-state index in [2.05, 4.69) is 0 Å². The maximum absolute atomic E-state index is 11.8. The monoisotopic (exact) mass is 296 g/mol. The number of hydrogen-bond acceptors (Lipinski definition) is 3. The van der Waals surface area contributed by atoms with Gasteiger partial charge >= 0.3 is 0 Å². The average molecular weight is 297 g/mol. The molecule has 1 aromatic rings. The first-order valence-electron chi connectivity index (χ1n) is 5.71. The standard InChI is InChI=1S/C14H10Cl2O3/c15-9-3-1-8(7-10(9)16)2-4-11(17)14-12(18)5-6-13(14)19/h1-4,7,14H,5-6H2/b4-2+. The first kappa shape index (κ1) is 14.0. The Morgan fingerprint density at radius 2 is 1.74 bits per heavy atom. The van der Waals surface area contributed by atoms with Gasteiger partial charge in [-0.15, -0.1) is 0 Å². The first-order chi connectivity index (χ1) is 8.99. The molecule has 2 rings (SSSR count). The minimum Gasteiger partial charge on any atom is -0.298 e. The molecule has 5 heteroatoms. The van der Waals surface area contributed by atoms with Gasteiger partial charge in [-0.3, -0.25) is 14.4 Å². The van der Waals surface area contributed by atoms with Crippen LogP contribution in [0.2, 0.25) is 10.0 Å². The second kappa shape index (κ2) is 5.68. The molecule has 0 spiro atoms.